The van der Waals surface area contributed by atoms with Gasteiger partial charge in [0.25, 0.3) is 0 Å². The van der Waals surface area contributed by atoms with Gasteiger partial charge < -0.3 is 9.15 Å². The van der Waals surface area contributed by atoms with E-state index in [0.29, 0.717) is 6.61 Å². The molecule has 0 radical (unpaired) electrons. The van der Waals surface area contributed by atoms with Gasteiger partial charge in [0.05, 0.1) is 17.7 Å². The zero-order chi connectivity index (χ0) is 19.5. The Balaban J connectivity index is 1.95. The molecule has 28 heavy (non-hydrogen) atoms. The van der Waals surface area contributed by atoms with Crippen LogP contribution in [0.5, 0.6) is 5.75 Å². The Morgan fingerprint density at radius 1 is 0.929 bits per heavy atom. The molecule has 0 spiro atoms. The molecule has 0 aliphatic heterocycles. The molecule has 3 aromatic carbocycles. The van der Waals surface area contributed by atoms with E-state index in [1.165, 1.54) is 5.56 Å². The van der Waals surface area contributed by atoms with E-state index in [9.17, 15) is 0 Å². The van der Waals surface area contributed by atoms with Gasteiger partial charge in [-0.05, 0) is 56.3 Å². The lowest BCUT2D eigenvalue weighted by Crippen LogP contribution is -2.04. The fourth-order valence-corrected chi connectivity index (χ4v) is 3.28. The molecule has 0 amide bonds. The van der Waals surface area contributed by atoms with Crippen LogP contribution in [-0.4, -0.2) is 6.61 Å². The van der Waals surface area contributed by atoms with Crippen molar-refractivity contribution >= 4 is 32.6 Å². The van der Waals surface area contributed by atoms with Crippen LogP contribution in [0.15, 0.2) is 86.7 Å². The first-order valence-electron chi connectivity index (χ1n) is 9.20. The second kappa shape index (κ2) is 8.03. The van der Waals surface area contributed by atoms with E-state index >= 15 is 0 Å². The summed E-state index contributed by atoms with van der Waals surface area (Å²) in [5, 5.41) is 1.77. The van der Waals surface area contributed by atoms with Gasteiger partial charge in [0, 0.05) is 21.5 Å². The first-order valence-corrected chi connectivity index (χ1v) is 10.00. The van der Waals surface area contributed by atoms with Crippen molar-refractivity contribution in [1.29, 1.82) is 0 Å². The van der Waals surface area contributed by atoms with Gasteiger partial charge in [-0.2, -0.15) is 0 Å². The quantitative estimate of drug-likeness (QED) is 0.354. The van der Waals surface area contributed by atoms with Crippen molar-refractivity contribution in [2.75, 3.05) is 6.61 Å². The molecule has 0 bridgehead atoms. The Bertz CT molecular complexity index is 1180. The summed E-state index contributed by atoms with van der Waals surface area (Å²) in [6.45, 7) is 4.66. The average Bonchev–Trinajstić information content (AvgIpc) is 2.70. The predicted octanol–water partition coefficient (Wildman–Crippen LogP) is 6.80. The minimum atomic E-state index is 0.614. The normalized spacial score (nSPS) is 11.8. The van der Waals surface area contributed by atoms with Gasteiger partial charge >= 0.3 is 0 Å². The van der Waals surface area contributed by atoms with Gasteiger partial charge in [-0.25, -0.2) is 4.99 Å². The average molecular weight is 434 g/mol. The third-order valence-electron chi connectivity index (χ3n) is 4.44. The van der Waals surface area contributed by atoms with Crippen LogP contribution in [0.2, 0.25) is 0 Å². The molecule has 0 N–H and O–H groups in total. The van der Waals surface area contributed by atoms with E-state index in [2.05, 4.69) is 47.1 Å². The lowest BCUT2D eigenvalue weighted by Gasteiger charge is -2.08. The van der Waals surface area contributed by atoms with Crippen LogP contribution in [0.4, 0.5) is 5.69 Å². The van der Waals surface area contributed by atoms with Gasteiger partial charge in [0.2, 0.25) is 0 Å². The Morgan fingerprint density at radius 2 is 1.68 bits per heavy atom. The molecule has 4 aromatic rings. The van der Waals surface area contributed by atoms with E-state index in [1.807, 2.05) is 55.5 Å². The van der Waals surface area contributed by atoms with Crippen molar-refractivity contribution in [2.24, 2.45) is 4.99 Å². The monoisotopic (exact) mass is 433 g/mol. The molecule has 0 saturated heterocycles. The lowest BCUT2D eigenvalue weighted by molar-refractivity contribution is 0.340. The number of ether oxygens (including phenoxy) is 1. The third kappa shape index (κ3) is 4.02. The Kier molecular flexibility index (Phi) is 5.31. The van der Waals surface area contributed by atoms with E-state index in [0.717, 1.165) is 43.6 Å². The Hall–Kier alpha value is -2.85. The molecule has 0 aliphatic rings. The number of fused-ring (bicyclic) bond motifs is 1. The highest BCUT2D eigenvalue weighted by molar-refractivity contribution is 9.10. The number of hydrogen-bond acceptors (Lipinski definition) is 3. The maximum absolute atomic E-state index is 6.20. The summed E-state index contributed by atoms with van der Waals surface area (Å²) in [5.74, 6) is 1.59. The van der Waals surface area contributed by atoms with Crippen molar-refractivity contribution in [3.63, 3.8) is 0 Å². The molecule has 4 heteroatoms. The topological polar surface area (TPSA) is 34.7 Å². The van der Waals surface area contributed by atoms with Crippen molar-refractivity contribution in [1.82, 2.24) is 0 Å². The van der Waals surface area contributed by atoms with Gasteiger partial charge in [0.15, 0.2) is 0 Å². The molecular weight excluding hydrogens is 414 g/mol. The highest BCUT2D eigenvalue weighted by atomic mass is 79.9. The molecular formula is C24H20BrNO2. The van der Waals surface area contributed by atoms with Crippen LogP contribution in [0.3, 0.4) is 0 Å². The molecule has 140 valence electrons. The summed E-state index contributed by atoms with van der Waals surface area (Å²) < 4.78 is 12.9. The van der Waals surface area contributed by atoms with Gasteiger partial charge in [-0.1, -0.05) is 45.8 Å². The predicted molar refractivity (Wildman–Crippen MR) is 117 cm³/mol. The van der Waals surface area contributed by atoms with Gasteiger partial charge in [0.1, 0.15) is 17.1 Å². The number of aryl methyl sites for hydroxylation is 1. The fraction of sp³-hybridized carbons (Fsp3) is 0.125. The Morgan fingerprint density at radius 3 is 2.39 bits per heavy atom. The van der Waals surface area contributed by atoms with Crippen LogP contribution >= 0.6 is 15.9 Å². The van der Waals surface area contributed by atoms with E-state index in [1.54, 1.807) is 0 Å². The van der Waals surface area contributed by atoms with E-state index < -0.39 is 0 Å². The van der Waals surface area contributed by atoms with Gasteiger partial charge in [-0.3, -0.25) is 0 Å². The van der Waals surface area contributed by atoms with Crippen LogP contribution in [0.25, 0.3) is 22.3 Å². The molecule has 0 saturated carbocycles. The molecule has 0 fully saturated rings. The highest BCUT2D eigenvalue weighted by Crippen LogP contribution is 2.26. The second-order valence-corrected chi connectivity index (χ2v) is 7.46. The molecule has 1 aromatic heterocycles. The minimum absolute atomic E-state index is 0.614. The third-order valence-corrected chi connectivity index (χ3v) is 4.97. The van der Waals surface area contributed by atoms with Crippen LogP contribution < -0.4 is 10.1 Å². The first kappa shape index (κ1) is 18.5. The van der Waals surface area contributed by atoms with Crippen LogP contribution in [0, 0.1) is 6.92 Å². The molecule has 1 heterocycles. The van der Waals surface area contributed by atoms with Crippen LogP contribution in [0.1, 0.15) is 12.5 Å². The van der Waals surface area contributed by atoms with Crippen molar-refractivity contribution in [2.45, 2.75) is 13.8 Å². The SMILES string of the molecule is CCOc1ccc2oc(-c3ccc(C)cc3)cc(=Nc3ccc(Br)cc3)c2c1. The number of rotatable bonds is 4. The van der Waals surface area contributed by atoms with Crippen molar-refractivity contribution in [3.05, 3.63) is 88.2 Å². The number of halogens is 1. The molecule has 3 nitrogen and oxygen atoms in total. The van der Waals surface area contributed by atoms with E-state index in [4.69, 9.17) is 14.1 Å². The zero-order valence-corrected chi connectivity index (χ0v) is 17.4. The fourth-order valence-electron chi connectivity index (χ4n) is 3.01. The number of hydrogen-bond donors (Lipinski definition) is 0. The maximum atomic E-state index is 6.20. The molecule has 4 rings (SSSR count). The maximum Gasteiger partial charge on any atom is 0.137 e. The van der Waals surface area contributed by atoms with Crippen molar-refractivity contribution < 1.29 is 9.15 Å². The molecule has 0 unspecified atom stereocenters. The first-order chi connectivity index (χ1) is 13.6. The summed E-state index contributed by atoms with van der Waals surface area (Å²) in [6.07, 6.45) is 0. The lowest BCUT2D eigenvalue weighted by atomic mass is 10.1. The summed E-state index contributed by atoms with van der Waals surface area (Å²) in [7, 11) is 0. The summed E-state index contributed by atoms with van der Waals surface area (Å²) in [5.41, 5.74) is 3.89. The number of nitrogens with zero attached hydrogens (tertiary/aromatic N) is 1. The van der Waals surface area contributed by atoms with Gasteiger partial charge in [-0.15, -0.1) is 0 Å². The van der Waals surface area contributed by atoms with E-state index in [-0.39, 0.29) is 0 Å². The summed E-state index contributed by atoms with van der Waals surface area (Å²) in [4.78, 5) is 4.88. The number of benzene rings is 3. The molecule has 0 aliphatic carbocycles. The smallest absolute Gasteiger partial charge is 0.137 e. The Labute approximate surface area is 172 Å². The standard InChI is InChI=1S/C24H20BrNO2/c1-3-27-20-12-13-23-21(14-20)22(26-19-10-8-18(25)9-11-19)15-24(28-23)17-6-4-16(2)5-7-17/h4-15H,3H2,1-2H3. The second-order valence-electron chi connectivity index (χ2n) is 6.54. The zero-order valence-electron chi connectivity index (χ0n) is 15.8. The van der Waals surface area contributed by atoms with Crippen molar-refractivity contribution in [3.8, 4) is 17.1 Å². The summed E-state index contributed by atoms with van der Waals surface area (Å²) in [6, 6.07) is 24.1. The van der Waals surface area contributed by atoms with Crippen LogP contribution in [-0.2, 0) is 0 Å². The molecule has 0 atom stereocenters. The largest absolute Gasteiger partial charge is 0.494 e. The summed E-state index contributed by atoms with van der Waals surface area (Å²) >= 11 is 3.47. The highest BCUT2D eigenvalue weighted by Gasteiger charge is 2.08. The minimum Gasteiger partial charge on any atom is -0.494 e.